The van der Waals surface area contributed by atoms with Crippen molar-refractivity contribution in [2.24, 2.45) is 0 Å². The lowest BCUT2D eigenvalue weighted by Crippen LogP contribution is -2.26. The molecule has 0 bridgehead atoms. The topological polar surface area (TPSA) is 92.3 Å². The minimum absolute atomic E-state index is 0.174. The molecular formula is C20H23ClN2O4S. The third-order valence-corrected chi connectivity index (χ3v) is 5.98. The number of aryl methyl sites for hydroxylation is 1. The number of carbonyl (C=O) groups excluding carboxylic acids is 2. The second-order valence-corrected chi connectivity index (χ2v) is 8.92. The van der Waals surface area contributed by atoms with Gasteiger partial charge in [-0.05, 0) is 43.7 Å². The zero-order chi connectivity index (χ0) is 20.7. The number of hydrogen-bond donors (Lipinski definition) is 2. The molecule has 0 saturated heterocycles. The predicted octanol–water partition coefficient (Wildman–Crippen LogP) is 3.59. The van der Waals surface area contributed by atoms with E-state index in [1.54, 1.807) is 18.2 Å². The van der Waals surface area contributed by atoms with Gasteiger partial charge in [0.2, 0.25) is 5.91 Å². The number of benzene rings is 2. The fourth-order valence-corrected chi connectivity index (χ4v) is 3.87. The Hall–Kier alpha value is -2.38. The van der Waals surface area contributed by atoms with Crippen LogP contribution in [0.15, 0.2) is 47.4 Å². The minimum Gasteiger partial charge on any atom is -0.352 e. The van der Waals surface area contributed by atoms with Crippen LogP contribution in [0.2, 0.25) is 5.02 Å². The van der Waals surface area contributed by atoms with Gasteiger partial charge in [-0.2, -0.15) is 0 Å². The molecule has 8 heteroatoms. The SMILES string of the molecule is CCCNC(=O)c1ccc(Cl)cc1NC(=O)CCS(=O)(=O)c1ccc(C)cc1. The summed E-state index contributed by atoms with van der Waals surface area (Å²) in [4.78, 5) is 24.7. The van der Waals surface area contributed by atoms with Crippen molar-refractivity contribution in [3.05, 3.63) is 58.6 Å². The van der Waals surface area contributed by atoms with Gasteiger partial charge < -0.3 is 10.6 Å². The highest BCUT2D eigenvalue weighted by Gasteiger charge is 2.18. The van der Waals surface area contributed by atoms with Crippen LogP contribution in [0, 0.1) is 6.92 Å². The van der Waals surface area contributed by atoms with Crippen LogP contribution in [0.5, 0.6) is 0 Å². The molecule has 0 aliphatic carbocycles. The zero-order valence-corrected chi connectivity index (χ0v) is 17.4. The molecule has 2 rings (SSSR count). The molecule has 2 aromatic rings. The molecule has 0 spiro atoms. The van der Waals surface area contributed by atoms with Crippen molar-refractivity contribution in [3.63, 3.8) is 0 Å². The van der Waals surface area contributed by atoms with Crippen LogP contribution in [0.25, 0.3) is 0 Å². The largest absolute Gasteiger partial charge is 0.352 e. The van der Waals surface area contributed by atoms with E-state index in [-0.39, 0.29) is 34.2 Å². The molecule has 2 N–H and O–H groups in total. The van der Waals surface area contributed by atoms with Gasteiger partial charge in [-0.3, -0.25) is 9.59 Å². The molecule has 0 fully saturated rings. The standard InChI is InChI=1S/C20H23ClN2O4S/c1-3-11-22-20(25)17-9-6-15(21)13-18(17)23-19(24)10-12-28(26,27)16-7-4-14(2)5-8-16/h4-9,13H,3,10-12H2,1-2H3,(H,22,25)(H,23,24). The maximum atomic E-state index is 12.4. The lowest BCUT2D eigenvalue weighted by Gasteiger charge is -2.12. The smallest absolute Gasteiger partial charge is 0.253 e. The maximum Gasteiger partial charge on any atom is 0.253 e. The summed E-state index contributed by atoms with van der Waals surface area (Å²) >= 11 is 5.97. The Morgan fingerprint density at radius 2 is 1.75 bits per heavy atom. The van der Waals surface area contributed by atoms with Crippen molar-refractivity contribution >= 4 is 38.9 Å². The van der Waals surface area contributed by atoms with Gasteiger partial charge in [0, 0.05) is 18.0 Å². The van der Waals surface area contributed by atoms with Gasteiger partial charge >= 0.3 is 0 Å². The van der Waals surface area contributed by atoms with Crippen LogP contribution in [0.4, 0.5) is 5.69 Å². The van der Waals surface area contributed by atoms with Crippen LogP contribution in [-0.2, 0) is 14.6 Å². The molecule has 0 unspecified atom stereocenters. The second-order valence-electron chi connectivity index (χ2n) is 6.38. The van der Waals surface area contributed by atoms with Crippen molar-refractivity contribution < 1.29 is 18.0 Å². The number of amides is 2. The van der Waals surface area contributed by atoms with Gasteiger partial charge in [-0.15, -0.1) is 0 Å². The Bertz CT molecular complexity index is 957. The van der Waals surface area contributed by atoms with Crippen molar-refractivity contribution in [3.8, 4) is 0 Å². The van der Waals surface area contributed by atoms with E-state index in [2.05, 4.69) is 10.6 Å². The number of sulfone groups is 1. The van der Waals surface area contributed by atoms with E-state index in [9.17, 15) is 18.0 Å². The van der Waals surface area contributed by atoms with Crippen LogP contribution in [0.3, 0.4) is 0 Å². The Balaban J connectivity index is 2.07. The average Bonchev–Trinajstić information content (AvgIpc) is 2.65. The van der Waals surface area contributed by atoms with E-state index < -0.39 is 15.7 Å². The summed E-state index contributed by atoms with van der Waals surface area (Å²) in [7, 11) is -3.58. The van der Waals surface area contributed by atoms with Crippen LogP contribution >= 0.6 is 11.6 Å². The molecule has 0 aliphatic heterocycles. The number of nitrogens with one attached hydrogen (secondary N) is 2. The van der Waals surface area contributed by atoms with E-state index in [4.69, 9.17) is 11.6 Å². The number of carbonyl (C=O) groups is 2. The summed E-state index contributed by atoms with van der Waals surface area (Å²) in [6.45, 7) is 4.30. The lowest BCUT2D eigenvalue weighted by atomic mass is 10.1. The van der Waals surface area contributed by atoms with Crippen LogP contribution < -0.4 is 10.6 Å². The molecule has 6 nitrogen and oxygen atoms in total. The van der Waals surface area contributed by atoms with Crippen LogP contribution in [0.1, 0.15) is 35.7 Å². The number of hydrogen-bond acceptors (Lipinski definition) is 4. The van der Waals surface area contributed by atoms with Crippen molar-refractivity contribution in [2.45, 2.75) is 31.6 Å². The zero-order valence-electron chi connectivity index (χ0n) is 15.8. The Kier molecular flexibility index (Phi) is 7.60. The third kappa shape index (κ3) is 6.07. The average molecular weight is 423 g/mol. The van der Waals surface area contributed by atoms with E-state index in [0.717, 1.165) is 12.0 Å². The molecule has 0 radical (unpaired) electrons. The summed E-state index contributed by atoms with van der Waals surface area (Å²) in [5, 5.41) is 5.68. The first-order valence-corrected chi connectivity index (χ1v) is 10.9. The second kappa shape index (κ2) is 9.71. The van der Waals surface area contributed by atoms with Gasteiger partial charge in [-0.1, -0.05) is 36.2 Å². The molecular weight excluding hydrogens is 400 g/mol. The van der Waals surface area contributed by atoms with Crippen molar-refractivity contribution in [1.29, 1.82) is 0 Å². The summed E-state index contributed by atoms with van der Waals surface area (Å²) in [6.07, 6.45) is 0.538. The normalized spacial score (nSPS) is 11.1. The van der Waals surface area contributed by atoms with Gasteiger partial charge in [0.05, 0.1) is 21.9 Å². The van der Waals surface area contributed by atoms with Gasteiger partial charge in [0.25, 0.3) is 5.91 Å². The monoisotopic (exact) mass is 422 g/mol. The number of anilines is 1. The molecule has 0 aliphatic rings. The molecule has 2 aromatic carbocycles. The Labute approximate surface area is 170 Å². The first-order valence-electron chi connectivity index (χ1n) is 8.90. The van der Waals surface area contributed by atoms with E-state index >= 15 is 0 Å². The molecule has 150 valence electrons. The first-order chi connectivity index (χ1) is 13.2. The first kappa shape index (κ1) is 21.9. The van der Waals surface area contributed by atoms with Crippen molar-refractivity contribution in [2.75, 3.05) is 17.6 Å². The fraction of sp³-hybridized carbons (Fsp3) is 0.300. The molecule has 28 heavy (non-hydrogen) atoms. The summed E-state index contributed by atoms with van der Waals surface area (Å²) in [5.41, 5.74) is 1.47. The quantitative estimate of drug-likeness (QED) is 0.679. The van der Waals surface area contributed by atoms with E-state index in [1.807, 2.05) is 13.8 Å². The lowest BCUT2D eigenvalue weighted by molar-refractivity contribution is -0.115. The van der Waals surface area contributed by atoms with E-state index in [1.165, 1.54) is 24.3 Å². The number of halogens is 1. The van der Waals surface area contributed by atoms with Gasteiger partial charge in [-0.25, -0.2) is 8.42 Å². The number of rotatable bonds is 8. The molecule has 0 atom stereocenters. The molecule has 2 amide bonds. The fourth-order valence-electron chi connectivity index (χ4n) is 2.45. The summed E-state index contributed by atoms with van der Waals surface area (Å²) < 4.78 is 24.8. The Morgan fingerprint density at radius 1 is 1.07 bits per heavy atom. The van der Waals surface area contributed by atoms with Gasteiger partial charge in [0.1, 0.15) is 0 Å². The highest BCUT2D eigenvalue weighted by atomic mass is 35.5. The summed E-state index contributed by atoms with van der Waals surface area (Å²) in [5.74, 6) is -1.18. The van der Waals surface area contributed by atoms with Crippen LogP contribution in [-0.4, -0.2) is 32.5 Å². The van der Waals surface area contributed by atoms with Gasteiger partial charge in [0.15, 0.2) is 9.84 Å². The van der Waals surface area contributed by atoms with E-state index in [0.29, 0.717) is 11.6 Å². The maximum absolute atomic E-state index is 12.4. The highest BCUT2D eigenvalue weighted by molar-refractivity contribution is 7.91. The summed E-state index contributed by atoms with van der Waals surface area (Å²) in [6, 6.07) is 11.0. The Morgan fingerprint density at radius 3 is 2.39 bits per heavy atom. The molecule has 0 saturated carbocycles. The molecule has 0 heterocycles. The van der Waals surface area contributed by atoms with Crippen molar-refractivity contribution in [1.82, 2.24) is 5.32 Å². The predicted molar refractivity (Wildman–Crippen MR) is 111 cm³/mol. The third-order valence-electron chi connectivity index (χ3n) is 4.01. The highest BCUT2D eigenvalue weighted by Crippen LogP contribution is 2.22. The molecule has 0 aromatic heterocycles. The minimum atomic E-state index is -3.58.